The van der Waals surface area contributed by atoms with E-state index in [-0.39, 0.29) is 23.1 Å². The molecule has 3 aromatic heterocycles. The second-order valence-electron chi connectivity index (χ2n) is 8.07. The molecule has 0 saturated heterocycles. The van der Waals surface area contributed by atoms with Gasteiger partial charge in [0.05, 0.1) is 11.7 Å². The molecular weight excluding hydrogens is 457 g/mol. The molecule has 0 bridgehead atoms. The summed E-state index contributed by atoms with van der Waals surface area (Å²) >= 11 is 1.30. The van der Waals surface area contributed by atoms with Gasteiger partial charge in [0.1, 0.15) is 10.7 Å². The summed E-state index contributed by atoms with van der Waals surface area (Å²) in [5, 5.41) is 6.86. The number of nitrogens with one attached hydrogen (secondary N) is 1. The molecule has 1 atom stereocenters. The SMILES string of the molecule is CCC(C)OC(=O)c1c(NC(=O)c2cc3nc(C)cc(C(F)(F)F)n3n2)sc2c1CCCC2. The zero-order valence-electron chi connectivity index (χ0n) is 18.4. The average molecular weight is 481 g/mol. The van der Waals surface area contributed by atoms with Gasteiger partial charge < -0.3 is 10.1 Å². The van der Waals surface area contributed by atoms with Crippen LogP contribution in [-0.2, 0) is 23.8 Å². The fraction of sp³-hybridized carbons (Fsp3) is 0.455. The smallest absolute Gasteiger partial charge is 0.433 e. The summed E-state index contributed by atoms with van der Waals surface area (Å²) in [4.78, 5) is 30.9. The first-order valence-corrected chi connectivity index (χ1v) is 11.5. The molecule has 1 amide bonds. The van der Waals surface area contributed by atoms with Gasteiger partial charge in [0, 0.05) is 16.6 Å². The highest BCUT2D eigenvalue weighted by Crippen LogP contribution is 2.39. The first-order valence-electron chi connectivity index (χ1n) is 10.7. The Kier molecular flexibility index (Phi) is 6.17. The molecule has 0 radical (unpaired) electrons. The van der Waals surface area contributed by atoms with E-state index >= 15 is 0 Å². The van der Waals surface area contributed by atoms with Crippen molar-refractivity contribution in [1.29, 1.82) is 0 Å². The van der Waals surface area contributed by atoms with Crippen molar-refractivity contribution in [3.63, 3.8) is 0 Å². The van der Waals surface area contributed by atoms with Crippen molar-refractivity contribution in [2.24, 2.45) is 0 Å². The van der Waals surface area contributed by atoms with Gasteiger partial charge in [0.15, 0.2) is 11.3 Å². The third-order valence-electron chi connectivity index (χ3n) is 5.56. The summed E-state index contributed by atoms with van der Waals surface area (Å²) in [6.07, 6.45) is -0.878. The molecule has 176 valence electrons. The molecule has 1 N–H and O–H groups in total. The van der Waals surface area contributed by atoms with E-state index in [0.717, 1.165) is 35.8 Å². The van der Waals surface area contributed by atoms with Crippen LogP contribution in [0.3, 0.4) is 0 Å². The van der Waals surface area contributed by atoms with Gasteiger partial charge in [0.25, 0.3) is 5.91 Å². The third-order valence-corrected chi connectivity index (χ3v) is 6.77. The Labute approximate surface area is 192 Å². The Morgan fingerprint density at radius 2 is 2.00 bits per heavy atom. The van der Waals surface area contributed by atoms with E-state index < -0.39 is 23.7 Å². The number of alkyl halides is 3. The quantitative estimate of drug-likeness (QED) is 0.507. The van der Waals surface area contributed by atoms with E-state index in [1.54, 1.807) is 6.92 Å². The van der Waals surface area contributed by atoms with Crippen LogP contribution >= 0.6 is 11.3 Å². The van der Waals surface area contributed by atoms with E-state index in [0.29, 0.717) is 27.9 Å². The summed E-state index contributed by atoms with van der Waals surface area (Å²) < 4.78 is 46.4. The second kappa shape index (κ2) is 8.77. The van der Waals surface area contributed by atoms with Crippen LogP contribution in [0.4, 0.5) is 18.2 Å². The largest absolute Gasteiger partial charge is 0.459 e. The van der Waals surface area contributed by atoms with Crippen molar-refractivity contribution in [3.8, 4) is 0 Å². The standard InChI is InChI=1S/C22H23F3N4O3S/c1-4-12(3)32-21(31)18-13-7-5-6-8-15(13)33-20(18)27-19(30)14-10-17-26-11(2)9-16(22(23,24)25)29(17)28-14/h9-10,12H,4-8H2,1-3H3,(H,27,30). The van der Waals surface area contributed by atoms with Crippen LogP contribution in [0.15, 0.2) is 12.1 Å². The average Bonchev–Trinajstić information content (AvgIpc) is 3.33. The van der Waals surface area contributed by atoms with Gasteiger partial charge in [-0.1, -0.05) is 6.92 Å². The number of halogens is 3. The van der Waals surface area contributed by atoms with Crippen molar-refractivity contribution in [1.82, 2.24) is 14.6 Å². The first kappa shape index (κ1) is 23.2. The van der Waals surface area contributed by atoms with Crippen molar-refractivity contribution in [2.45, 2.75) is 65.2 Å². The molecule has 4 rings (SSSR count). The summed E-state index contributed by atoms with van der Waals surface area (Å²) in [6.45, 7) is 5.13. The third kappa shape index (κ3) is 4.59. The second-order valence-corrected chi connectivity index (χ2v) is 9.18. The zero-order valence-corrected chi connectivity index (χ0v) is 19.2. The molecule has 0 spiro atoms. The molecule has 11 heteroatoms. The maximum atomic E-state index is 13.4. The maximum absolute atomic E-state index is 13.4. The number of amides is 1. The van der Waals surface area contributed by atoms with Gasteiger partial charge in [0.2, 0.25) is 0 Å². The van der Waals surface area contributed by atoms with Crippen molar-refractivity contribution >= 4 is 33.9 Å². The van der Waals surface area contributed by atoms with Gasteiger partial charge in [-0.25, -0.2) is 14.3 Å². The first-order chi connectivity index (χ1) is 15.6. The Morgan fingerprint density at radius 3 is 2.70 bits per heavy atom. The number of esters is 1. The fourth-order valence-corrected chi connectivity index (χ4v) is 5.05. The number of thiophene rings is 1. The highest BCUT2D eigenvalue weighted by molar-refractivity contribution is 7.17. The summed E-state index contributed by atoms with van der Waals surface area (Å²) in [6, 6.07) is 2.07. The van der Waals surface area contributed by atoms with Crippen LogP contribution in [0.1, 0.15) is 75.8 Å². The summed E-state index contributed by atoms with van der Waals surface area (Å²) in [5.41, 5.74) is 0.0234. The lowest BCUT2D eigenvalue weighted by Crippen LogP contribution is -2.19. The number of aryl methyl sites for hydroxylation is 2. The lowest BCUT2D eigenvalue weighted by atomic mass is 9.95. The molecule has 33 heavy (non-hydrogen) atoms. The predicted octanol–water partition coefficient (Wildman–Crippen LogP) is 5.20. The number of hydrogen-bond acceptors (Lipinski definition) is 6. The minimum Gasteiger partial charge on any atom is -0.459 e. The maximum Gasteiger partial charge on any atom is 0.433 e. The van der Waals surface area contributed by atoms with Crippen molar-refractivity contribution < 1.29 is 27.5 Å². The highest BCUT2D eigenvalue weighted by atomic mass is 32.1. The molecule has 0 fully saturated rings. The number of fused-ring (bicyclic) bond motifs is 2. The molecule has 1 aliphatic rings. The van der Waals surface area contributed by atoms with Crippen LogP contribution in [0.25, 0.3) is 5.65 Å². The Balaban J connectivity index is 1.70. The number of hydrogen-bond donors (Lipinski definition) is 1. The minimum absolute atomic E-state index is 0.0886. The molecule has 0 aliphatic heterocycles. The van der Waals surface area contributed by atoms with Crippen LogP contribution in [0, 0.1) is 6.92 Å². The van der Waals surface area contributed by atoms with Gasteiger partial charge in [-0.05, 0) is 57.6 Å². The van der Waals surface area contributed by atoms with E-state index in [1.165, 1.54) is 24.3 Å². The van der Waals surface area contributed by atoms with E-state index in [1.807, 2.05) is 6.92 Å². The minimum atomic E-state index is -4.66. The fourth-order valence-electron chi connectivity index (χ4n) is 3.78. The van der Waals surface area contributed by atoms with Crippen molar-refractivity contribution in [2.75, 3.05) is 5.32 Å². The van der Waals surface area contributed by atoms with Gasteiger partial charge in [-0.3, -0.25) is 4.79 Å². The molecule has 0 saturated carbocycles. The number of ether oxygens (including phenoxy) is 1. The molecular formula is C22H23F3N4O3S. The van der Waals surface area contributed by atoms with Gasteiger partial charge in [-0.2, -0.15) is 18.3 Å². The lowest BCUT2D eigenvalue weighted by molar-refractivity contribution is -0.142. The van der Waals surface area contributed by atoms with Gasteiger partial charge in [-0.15, -0.1) is 11.3 Å². The number of nitrogens with zero attached hydrogens (tertiary/aromatic N) is 3. The number of carbonyl (C=O) groups is 2. The normalized spacial score (nSPS) is 14.7. The number of rotatable bonds is 5. The van der Waals surface area contributed by atoms with E-state index in [9.17, 15) is 22.8 Å². The van der Waals surface area contributed by atoms with Crippen molar-refractivity contribution in [3.05, 3.63) is 45.2 Å². The molecule has 1 aliphatic carbocycles. The number of aromatic nitrogens is 3. The van der Waals surface area contributed by atoms with Crippen LogP contribution in [-0.4, -0.2) is 32.6 Å². The zero-order chi connectivity index (χ0) is 23.9. The predicted molar refractivity (Wildman–Crippen MR) is 117 cm³/mol. The van der Waals surface area contributed by atoms with E-state index in [4.69, 9.17) is 4.74 Å². The van der Waals surface area contributed by atoms with Crippen LogP contribution < -0.4 is 5.32 Å². The monoisotopic (exact) mass is 480 g/mol. The lowest BCUT2D eigenvalue weighted by Gasteiger charge is -2.15. The topological polar surface area (TPSA) is 85.6 Å². The number of anilines is 1. The van der Waals surface area contributed by atoms with E-state index in [2.05, 4.69) is 15.4 Å². The molecule has 7 nitrogen and oxygen atoms in total. The van der Waals surface area contributed by atoms with Gasteiger partial charge >= 0.3 is 12.1 Å². The molecule has 0 aromatic carbocycles. The molecule has 3 heterocycles. The summed E-state index contributed by atoms with van der Waals surface area (Å²) in [5.74, 6) is -1.23. The summed E-state index contributed by atoms with van der Waals surface area (Å²) in [7, 11) is 0. The highest BCUT2D eigenvalue weighted by Gasteiger charge is 2.35. The molecule has 3 aromatic rings. The van der Waals surface area contributed by atoms with Crippen LogP contribution in [0.5, 0.6) is 0 Å². The number of carbonyl (C=O) groups excluding carboxylic acids is 2. The Bertz CT molecular complexity index is 1230. The van der Waals surface area contributed by atoms with Crippen LogP contribution in [0.2, 0.25) is 0 Å². The Hall–Kier alpha value is -2.95. The Morgan fingerprint density at radius 1 is 1.27 bits per heavy atom. The molecule has 1 unspecified atom stereocenters.